The summed E-state index contributed by atoms with van der Waals surface area (Å²) in [6.45, 7) is 1.06. The molecule has 0 spiro atoms. The van der Waals surface area contributed by atoms with E-state index in [2.05, 4.69) is 15.3 Å². The number of nitrogens with zero attached hydrogens (tertiary/aromatic N) is 2. The lowest BCUT2D eigenvalue weighted by Crippen LogP contribution is -2.26. The highest BCUT2D eigenvalue weighted by Gasteiger charge is 2.18. The van der Waals surface area contributed by atoms with E-state index in [1.54, 1.807) is 17.5 Å². The van der Waals surface area contributed by atoms with Crippen LogP contribution in [0.5, 0.6) is 0 Å². The summed E-state index contributed by atoms with van der Waals surface area (Å²) in [5, 5.41) is 6.54. The zero-order valence-corrected chi connectivity index (χ0v) is 10.7. The molecule has 0 saturated carbocycles. The summed E-state index contributed by atoms with van der Waals surface area (Å²) in [6.07, 6.45) is 6.47. The Balaban J connectivity index is 1.84. The maximum Gasteiger partial charge on any atom is 0.142 e. The molecule has 0 bridgehead atoms. The molecule has 1 aliphatic heterocycles. The van der Waals surface area contributed by atoms with Gasteiger partial charge < -0.3 is 5.32 Å². The van der Waals surface area contributed by atoms with Gasteiger partial charge in [-0.1, -0.05) is 6.42 Å². The molecule has 2 aromatic rings. The molecule has 1 atom stereocenters. The second kappa shape index (κ2) is 5.12. The van der Waals surface area contributed by atoms with E-state index < -0.39 is 0 Å². The van der Waals surface area contributed by atoms with Crippen LogP contribution in [0.3, 0.4) is 0 Å². The largest absolute Gasteiger partial charge is 0.308 e. The van der Waals surface area contributed by atoms with Crippen molar-refractivity contribution >= 4 is 11.3 Å². The van der Waals surface area contributed by atoms with Crippen molar-refractivity contribution in [3.63, 3.8) is 0 Å². The summed E-state index contributed by atoms with van der Waals surface area (Å²) in [4.78, 5) is 8.45. The van der Waals surface area contributed by atoms with Gasteiger partial charge in [0.2, 0.25) is 0 Å². The third-order valence-corrected chi connectivity index (χ3v) is 4.09. The quantitative estimate of drug-likeness (QED) is 0.904. The Morgan fingerprint density at radius 1 is 1.33 bits per heavy atom. The van der Waals surface area contributed by atoms with Gasteiger partial charge in [-0.2, -0.15) is 0 Å². The Labute approximate surface area is 109 Å². The molecule has 1 unspecified atom stereocenters. The van der Waals surface area contributed by atoms with Gasteiger partial charge in [0.15, 0.2) is 0 Å². The van der Waals surface area contributed by atoms with Crippen LogP contribution in [-0.2, 0) is 0 Å². The smallest absolute Gasteiger partial charge is 0.142 e. The molecular weight excluding hydrogens is 249 g/mol. The van der Waals surface area contributed by atoms with E-state index in [0.717, 1.165) is 29.2 Å². The highest BCUT2D eigenvalue weighted by atomic mass is 32.1. The number of piperidine rings is 1. The van der Waals surface area contributed by atoms with E-state index in [4.69, 9.17) is 0 Å². The number of thiazole rings is 1. The van der Waals surface area contributed by atoms with E-state index in [1.165, 1.54) is 25.1 Å². The zero-order chi connectivity index (χ0) is 12.4. The van der Waals surface area contributed by atoms with Crippen LogP contribution in [-0.4, -0.2) is 16.5 Å². The van der Waals surface area contributed by atoms with Crippen molar-refractivity contribution in [1.82, 2.24) is 15.3 Å². The molecule has 3 nitrogen and oxygen atoms in total. The van der Waals surface area contributed by atoms with Crippen LogP contribution in [0.4, 0.5) is 4.39 Å². The SMILES string of the molecule is Fc1cncc(-c2csc(C3CCCCN3)n2)c1. The van der Waals surface area contributed by atoms with Crippen molar-refractivity contribution < 1.29 is 4.39 Å². The van der Waals surface area contributed by atoms with Crippen LogP contribution in [0, 0.1) is 5.82 Å². The fraction of sp³-hybridized carbons (Fsp3) is 0.385. The second-order valence-corrected chi connectivity index (χ2v) is 5.35. The van der Waals surface area contributed by atoms with Gasteiger partial charge in [-0.3, -0.25) is 4.98 Å². The first-order valence-electron chi connectivity index (χ1n) is 6.12. The van der Waals surface area contributed by atoms with Gasteiger partial charge in [0, 0.05) is 17.1 Å². The number of hydrogen-bond donors (Lipinski definition) is 1. The predicted molar refractivity (Wildman–Crippen MR) is 69.9 cm³/mol. The molecule has 0 aromatic carbocycles. The minimum atomic E-state index is -0.321. The van der Waals surface area contributed by atoms with Gasteiger partial charge in [0.25, 0.3) is 0 Å². The summed E-state index contributed by atoms with van der Waals surface area (Å²) in [5.74, 6) is -0.321. The zero-order valence-electron chi connectivity index (χ0n) is 9.90. The summed E-state index contributed by atoms with van der Waals surface area (Å²) < 4.78 is 13.1. The predicted octanol–water partition coefficient (Wildman–Crippen LogP) is 3.16. The summed E-state index contributed by atoms with van der Waals surface area (Å²) in [7, 11) is 0. The summed E-state index contributed by atoms with van der Waals surface area (Å²) in [6, 6.07) is 1.83. The first-order chi connectivity index (χ1) is 8.83. The molecule has 0 amide bonds. The van der Waals surface area contributed by atoms with E-state index in [9.17, 15) is 4.39 Å². The van der Waals surface area contributed by atoms with Crippen molar-refractivity contribution in [3.8, 4) is 11.3 Å². The van der Waals surface area contributed by atoms with Gasteiger partial charge in [-0.25, -0.2) is 9.37 Å². The number of rotatable bonds is 2. The standard InChI is InChI=1S/C13H14FN3S/c14-10-5-9(6-15-7-10)12-8-18-13(17-12)11-3-1-2-4-16-11/h5-8,11,16H,1-4H2. The lowest BCUT2D eigenvalue weighted by atomic mass is 10.1. The van der Waals surface area contributed by atoms with Gasteiger partial charge in [-0.05, 0) is 25.5 Å². The molecule has 94 valence electrons. The summed E-state index contributed by atoms with van der Waals surface area (Å²) >= 11 is 1.63. The van der Waals surface area contributed by atoms with Crippen LogP contribution in [0.1, 0.15) is 30.3 Å². The highest BCUT2D eigenvalue weighted by molar-refractivity contribution is 7.10. The molecule has 3 rings (SSSR count). The number of nitrogens with one attached hydrogen (secondary N) is 1. The van der Waals surface area contributed by atoms with Crippen LogP contribution in [0.2, 0.25) is 0 Å². The second-order valence-electron chi connectivity index (χ2n) is 4.47. The lowest BCUT2D eigenvalue weighted by molar-refractivity contribution is 0.411. The summed E-state index contributed by atoms with van der Waals surface area (Å²) in [5.41, 5.74) is 1.56. The fourth-order valence-corrected chi connectivity index (χ4v) is 3.13. The molecule has 3 heterocycles. The average Bonchev–Trinajstić information content (AvgIpc) is 2.89. The van der Waals surface area contributed by atoms with Gasteiger partial charge >= 0.3 is 0 Å². The third kappa shape index (κ3) is 2.42. The molecule has 0 radical (unpaired) electrons. The first kappa shape index (κ1) is 11.7. The van der Waals surface area contributed by atoms with Crippen LogP contribution in [0.15, 0.2) is 23.8 Å². The molecule has 2 aromatic heterocycles. The molecule has 0 aliphatic carbocycles. The first-order valence-corrected chi connectivity index (χ1v) is 7.00. The lowest BCUT2D eigenvalue weighted by Gasteiger charge is -2.21. The maximum absolute atomic E-state index is 13.1. The minimum absolute atomic E-state index is 0.321. The molecule has 1 saturated heterocycles. The van der Waals surface area contributed by atoms with Crippen molar-refractivity contribution in [3.05, 3.63) is 34.7 Å². The third-order valence-electron chi connectivity index (χ3n) is 3.13. The van der Waals surface area contributed by atoms with Crippen LogP contribution in [0.25, 0.3) is 11.3 Å². The fourth-order valence-electron chi connectivity index (χ4n) is 2.19. The normalized spacial score (nSPS) is 19.9. The number of hydrogen-bond acceptors (Lipinski definition) is 4. The van der Waals surface area contributed by atoms with Gasteiger partial charge in [0.1, 0.15) is 10.8 Å². The number of aromatic nitrogens is 2. The monoisotopic (exact) mass is 263 g/mol. The highest BCUT2D eigenvalue weighted by Crippen LogP contribution is 2.29. The molecule has 1 aliphatic rings. The van der Waals surface area contributed by atoms with Crippen molar-refractivity contribution in [2.45, 2.75) is 25.3 Å². The van der Waals surface area contributed by atoms with E-state index in [1.807, 2.05) is 5.38 Å². The molecule has 18 heavy (non-hydrogen) atoms. The van der Waals surface area contributed by atoms with E-state index in [0.29, 0.717) is 6.04 Å². The Morgan fingerprint density at radius 3 is 3.06 bits per heavy atom. The molecular formula is C13H14FN3S. The van der Waals surface area contributed by atoms with Gasteiger partial charge in [-0.15, -0.1) is 11.3 Å². The number of pyridine rings is 1. The van der Waals surface area contributed by atoms with E-state index >= 15 is 0 Å². The van der Waals surface area contributed by atoms with Crippen molar-refractivity contribution in [2.24, 2.45) is 0 Å². The Kier molecular flexibility index (Phi) is 3.34. The Hall–Kier alpha value is -1.33. The van der Waals surface area contributed by atoms with Crippen molar-refractivity contribution in [1.29, 1.82) is 0 Å². The van der Waals surface area contributed by atoms with Crippen LogP contribution >= 0.6 is 11.3 Å². The maximum atomic E-state index is 13.1. The topological polar surface area (TPSA) is 37.8 Å². The molecule has 1 fully saturated rings. The van der Waals surface area contributed by atoms with Gasteiger partial charge in [0.05, 0.1) is 17.9 Å². The minimum Gasteiger partial charge on any atom is -0.308 e. The van der Waals surface area contributed by atoms with Crippen molar-refractivity contribution in [2.75, 3.05) is 6.54 Å². The molecule has 5 heteroatoms. The Bertz CT molecular complexity index is 535. The molecule has 1 N–H and O–H groups in total. The average molecular weight is 263 g/mol. The van der Waals surface area contributed by atoms with E-state index in [-0.39, 0.29) is 5.82 Å². The Morgan fingerprint density at radius 2 is 2.28 bits per heavy atom. The number of halogens is 1. The van der Waals surface area contributed by atoms with Crippen LogP contribution < -0.4 is 5.32 Å².